The van der Waals surface area contributed by atoms with E-state index in [0.29, 0.717) is 23.7 Å². The largest absolute Gasteiger partial charge is 0.481 e. The van der Waals surface area contributed by atoms with Gasteiger partial charge in [-0.3, -0.25) is 9.59 Å². The van der Waals surface area contributed by atoms with Gasteiger partial charge >= 0.3 is 23.8 Å². The second kappa shape index (κ2) is 9.94. The zero-order chi connectivity index (χ0) is 24.2. The van der Waals surface area contributed by atoms with Crippen LogP contribution < -0.4 is 10.6 Å². The molecule has 1 aliphatic rings. The summed E-state index contributed by atoms with van der Waals surface area (Å²) in [4.78, 5) is 23.3. The van der Waals surface area contributed by atoms with Crippen molar-refractivity contribution in [2.24, 2.45) is 5.92 Å². The van der Waals surface area contributed by atoms with Crippen molar-refractivity contribution < 1.29 is 32.3 Å². The fourth-order valence-electron chi connectivity index (χ4n) is 4.10. The average Bonchev–Trinajstić information content (AvgIpc) is 3.26. The van der Waals surface area contributed by atoms with Gasteiger partial charge in [-0.2, -0.15) is 0 Å². The van der Waals surface area contributed by atoms with Crippen molar-refractivity contribution in [2.45, 2.75) is 38.0 Å². The molecule has 34 heavy (non-hydrogen) atoms. The first kappa shape index (κ1) is 23.3. The highest BCUT2D eigenvalue weighted by Gasteiger charge is 2.24. The lowest BCUT2D eigenvalue weighted by Crippen LogP contribution is -2.16. The van der Waals surface area contributed by atoms with E-state index in [0.717, 1.165) is 31.2 Å². The molecule has 4 rings (SSSR count). The number of aliphatic carboxylic acids is 1. The highest BCUT2D eigenvalue weighted by molar-refractivity contribution is 6.00. The molecule has 2 aromatic carbocycles. The summed E-state index contributed by atoms with van der Waals surface area (Å²) in [5, 5.41) is 20.8. The summed E-state index contributed by atoms with van der Waals surface area (Å²) in [5.74, 6) is -4.84. The summed E-state index contributed by atoms with van der Waals surface area (Å²) in [5.41, 5.74) is 0.903. The molecule has 0 saturated heterocycles. The number of nitrogens with zero attached hydrogens (tertiary/aromatic N) is 2. The first-order valence-electron chi connectivity index (χ1n) is 10.7. The zero-order valence-electron chi connectivity index (χ0n) is 17.9. The average molecular weight is 474 g/mol. The molecule has 0 bridgehead atoms. The predicted octanol–water partition coefficient (Wildman–Crippen LogP) is 5.23. The van der Waals surface area contributed by atoms with Gasteiger partial charge in [0.05, 0.1) is 0 Å². The Bertz CT molecular complexity index is 1170. The summed E-state index contributed by atoms with van der Waals surface area (Å²) in [6.45, 7) is 0. The van der Waals surface area contributed by atoms with Crippen molar-refractivity contribution >= 4 is 29.3 Å². The van der Waals surface area contributed by atoms with Crippen LogP contribution in [0.25, 0.3) is 0 Å². The van der Waals surface area contributed by atoms with E-state index in [1.54, 1.807) is 12.1 Å². The Morgan fingerprint density at radius 3 is 2.26 bits per heavy atom. The van der Waals surface area contributed by atoms with Gasteiger partial charge in [0.2, 0.25) is 0 Å². The minimum Gasteiger partial charge on any atom is -0.481 e. The van der Waals surface area contributed by atoms with Gasteiger partial charge in [0.25, 0.3) is 0 Å². The van der Waals surface area contributed by atoms with Crippen LogP contribution in [-0.4, -0.2) is 27.2 Å². The summed E-state index contributed by atoms with van der Waals surface area (Å²) < 4.78 is 45.6. The number of hydrogen-bond acceptors (Lipinski definition) is 6. The Morgan fingerprint density at radius 2 is 1.65 bits per heavy atom. The van der Waals surface area contributed by atoms with Crippen molar-refractivity contribution in [3.63, 3.8) is 0 Å². The summed E-state index contributed by atoms with van der Waals surface area (Å²) >= 11 is 0. The Balaban J connectivity index is 1.34. The van der Waals surface area contributed by atoms with Crippen LogP contribution in [0.4, 0.5) is 30.6 Å². The van der Waals surface area contributed by atoms with Gasteiger partial charge in [-0.25, -0.2) is 13.2 Å². The Kier molecular flexibility index (Phi) is 6.80. The molecule has 178 valence electrons. The van der Waals surface area contributed by atoms with Crippen LogP contribution in [0.15, 0.2) is 40.8 Å². The number of hydrogen-bond donors (Lipinski definition) is 3. The lowest BCUT2D eigenvalue weighted by Gasteiger charge is -2.28. The quantitative estimate of drug-likeness (QED) is 0.429. The Morgan fingerprint density at radius 1 is 1.00 bits per heavy atom. The molecule has 0 aliphatic heterocycles. The van der Waals surface area contributed by atoms with E-state index in [1.807, 2.05) is 12.1 Å². The molecule has 11 heteroatoms. The van der Waals surface area contributed by atoms with Crippen molar-refractivity contribution in [1.82, 2.24) is 10.2 Å². The predicted molar refractivity (Wildman–Crippen MR) is 115 cm³/mol. The smallest absolute Gasteiger partial charge is 0.320 e. The van der Waals surface area contributed by atoms with E-state index >= 15 is 0 Å². The monoisotopic (exact) mass is 474 g/mol. The molecular formula is C23H21F3N4O4. The number of carbonyl (C=O) groups excluding carboxylic acids is 1. The molecule has 1 aromatic heterocycles. The summed E-state index contributed by atoms with van der Waals surface area (Å²) in [6, 6.07) is 7.80. The lowest BCUT2D eigenvalue weighted by atomic mass is 9.77. The third-order valence-electron chi connectivity index (χ3n) is 5.81. The zero-order valence-corrected chi connectivity index (χ0v) is 17.9. The second-order valence-electron chi connectivity index (χ2n) is 8.17. The highest BCUT2D eigenvalue weighted by Crippen LogP contribution is 2.37. The van der Waals surface area contributed by atoms with Gasteiger partial charge in [0.15, 0.2) is 11.6 Å². The lowest BCUT2D eigenvalue weighted by molar-refractivity contribution is -0.138. The number of aromatic nitrogens is 2. The van der Waals surface area contributed by atoms with E-state index in [2.05, 4.69) is 20.8 Å². The van der Waals surface area contributed by atoms with Gasteiger partial charge in [-0.15, -0.1) is 5.10 Å². The minimum absolute atomic E-state index is 0.207. The molecule has 8 nitrogen and oxygen atoms in total. The maximum atomic E-state index is 13.8. The molecule has 0 atom stereocenters. The van der Waals surface area contributed by atoms with Gasteiger partial charge in [-0.05, 0) is 55.2 Å². The standard InChI is InChI=1S/C23H21F3N4O4/c24-15-10-17(25)20(18(26)11-15)28-23-30-29-22(34-23)21(33)27-16-7-5-14(6-8-16)13-3-1-12(2-4-13)9-19(31)32/h5-8,10-13H,1-4,9H2,(H,27,33)(H,28,30)(H,31,32)/t12-,13-. The van der Waals surface area contributed by atoms with Crippen LogP contribution in [0.5, 0.6) is 0 Å². The molecule has 1 fully saturated rings. The Labute approximate surface area is 192 Å². The van der Waals surface area contributed by atoms with E-state index in [4.69, 9.17) is 9.52 Å². The van der Waals surface area contributed by atoms with Crippen LogP contribution in [0.2, 0.25) is 0 Å². The van der Waals surface area contributed by atoms with Crippen LogP contribution in [0.1, 0.15) is 54.3 Å². The molecule has 3 aromatic rings. The molecule has 0 spiro atoms. The number of carbonyl (C=O) groups is 2. The van der Waals surface area contributed by atoms with E-state index in [9.17, 15) is 22.8 Å². The van der Waals surface area contributed by atoms with E-state index < -0.39 is 46.9 Å². The molecule has 1 amide bonds. The number of anilines is 3. The fraction of sp³-hybridized carbons (Fsp3) is 0.304. The van der Waals surface area contributed by atoms with Crippen LogP contribution in [0.3, 0.4) is 0 Å². The van der Waals surface area contributed by atoms with Gasteiger partial charge in [0, 0.05) is 24.2 Å². The summed E-state index contributed by atoms with van der Waals surface area (Å²) in [7, 11) is 0. The Hall–Kier alpha value is -3.89. The molecule has 1 saturated carbocycles. The molecule has 0 radical (unpaired) electrons. The minimum atomic E-state index is -1.20. The molecule has 0 unspecified atom stereocenters. The van der Waals surface area contributed by atoms with Crippen molar-refractivity contribution in [2.75, 3.05) is 10.6 Å². The van der Waals surface area contributed by atoms with Crippen LogP contribution >= 0.6 is 0 Å². The highest BCUT2D eigenvalue weighted by atomic mass is 19.1. The summed E-state index contributed by atoms with van der Waals surface area (Å²) in [6.07, 6.45) is 3.77. The normalized spacial score (nSPS) is 17.9. The number of rotatable bonds is 7. The van der Waals surface area contributed by atoms with E-state index in [1.165, 1.54) is 0 Å². The fourth-order valence-corrected chi connectivity index (χ4v) is 4.10. The first-order valence-corrected chi connectivity index (χ1v) is 10.7. The van der Waals surface area contributed by atoms with Crippen LogP contribution in [0, 0.1) is 23.4 Å². The molecule has 1 heterocycles. The third kappa shape index (κ3) is 5.53. The van der Waals surface area contributed by atoms with Gasteiger partial charge in [-0.1, -0.05) is 17.2 Å². The number of carboxylic acid groups (broad SMARTS) is 1. The molecule has 3 N–H and O–H groups in total. The van der Waals surface area contributed by atoms with Crippen LogP contribution in [-0.2, 0) is 4.79 Å². The third-order valence-corrected chi connectivity index (χ3v) is 5.81. The number of benzene rings is 2. The number of amides is 1. The molecule has 1 aliphatic carbocycles. The maximum Gasteiger partial charge on any atom is 0.320 e. The van der Waals surface area contributed by atoms with E-state index in [-0.39, 0.29) is 12.3 Å². The SMILES string of the molecule is O=C(O)C[C@H]1CC[C@H](c2ccc(NC(=O)c3nnc(Nc4c(F)cc(F)cc4F)o3)cc2)CC1. The van der Waals surface area contributed by atoms with Gasteiger partial charge < -0.3 is 20.2 Å². The maximum absolute atomic E-state index is 13.8. The molecular weight excluding hydrogens is 453 g/mol. The van der Waals surface area contributed by atoms with Crippen molar-refractivity contribution in [3.8, 4) is 0 Å². The second-order valence-corrected chi connectivity index (χ2v) is 8.17. The number of carboxylic acids is 1. The van der Waals surface area contributed by atoms with Crippen molar-refractivity contribution in [1.29, 1.82) is 0 Å². The number of nitrogens with one attached hydrogen (secondary N) is 2. The topological polar surface area (TPSA) is 117 Å². The first-order chi connectivity index (χ1) is 16.3. The number of halogens is 3. The van der Waals surface area contributed by atoms with Crippen molar-refractivity contribution in [3.05, 3.63) is 65.3 Å². The van der Waals surface area contributed by atoms with Gasteiger partial charge in [0.1, 0.15) is 11.5 Å².